The van der Waals surface area contributed by atoms with Crippen LogP contribution in [0.5, 0.6) is 0 Å². The Hall–Kier alpha value is -1.56. The molecule has 0 heterocycles. The zero-order valence-electron chi connectivity index (χ0n) is 14.3. The van der Waals surface area contributed by atoms with E-state index in [0.717, 1.165) is 11.6 Å². The maximum Gasteiger partial charge on any atom is 0.296 e. The molecule has 27 heavy (non-hydrogen) atoms. The van der Waals surface area contributed by atoms with Crippen molar-refractivity contribution in [2.75, 3.05) is 11.5 Å². The summed E-state index contributed by atoms with van der Waals surface area (Å²) in [5.74, 6) is 0. The van der Waals surface area contributed by atoms with Gasteiger partial charge in [0.1, 0.15) is 9.79 Å². The van der Waals surface area contributed by atoms with Crippen molar-refractivity contribution in [1.29, 1.82) is 0 Å². The van der Waals surface area contributed by atoms with E-state index in [-0.39, 0.29) is 26.2 Å². The van der Waals surface area contributed by atoms with E-state index in [1.807, 2.05) is 6.92 Å². The van der Waals surface area contributed by atoms with Gasteiger partial charge in [0.25, 0.3) is 20.2 Å². The lowest BCUT2D eigenvalue weighted by Crippen LogP contribution is -2.04. The predicted octanol–water partition coefficient (Wildman–Crippen LogP) is 3.21. The summed E-state index contributed by atoms with van der Waals surface area (Å²) in [6, 6.07) is 5.13. The van der Waals surface area contributed by atoms with Gasteiger partial charge in [-0.3, -0.25) is 9.11 Å². The number of hydrogen-bond donors (Lipinski definition) is 4. The SMILES string of the molecule is CCc1cc(N)c(S(=O)(=O)O)cc1Cl.Cc1cc(S(=O)(=O)O)c(N)cc1Cl. The Morgan fingerprint density at radius 3 is 1.74 bits per heavy atom. The molecule has 12 heteroatoms. The summed E-state index contributed by atoms with van der Waals surface area (Å²) in [5, 5.41) is 0.652. The summed E-state index contributed by atoms with van der Waals surface area (Å²) < 4.78 is 60.7. The number of anilines is 2. The summed E-state index contributed by atoms with van der Waals surface area (Å²) in [6.45, 7) is 3.49. The first-order valence-electron chi connectivity index (χ1n) is 7.27. The van der Waals surface area contributed by atoms with E-state index in [4.69, 9.17) is 43.8 Å². The summed E-state index contributed by atoms with van der Waals surface area (Å²) >= 11 is 11.5. The molecular formula is C15H18Cl2N2O6S2. The molecule has 0 amide bonds. The van der Waals surface area contributed by atoms with Crippen LogP contribution in [-0.2, 0) is 26.7 Å². The minimum absolute atomic E-state index is 0.00810. The third kappa shape index (κ3) is 6.23. The molecule has 0 bridgehead atoms. The molecule has 6 N–H and O–H groups in total. The van der Waals surface area contributed by atoms with E-state index in [2.05, 4.69) is 0 Å². The molecule has 0 unspecified atom stereocenters. The van der Waals surface area contributed by atoms with Gasteiger partial charge in [0.2, 0.25) is 0 Å². The molecular weight excluding hydrogens is 439 g/mol. The number of aryl methyl sites for hydroxylation is 2. The van der Waals surface area contributed by atoms with Gasteiger partial charge in [0.15, 0.2) is 0 Å². The highest BCUT2D eigenvalue weighted by Gasteiger charge is 2.16. The molecule has 2 aromatic rings. The highest BCUT2D eigenvalue weighted by atomic mass is 35.5. The molecule has 0 fully saturated rings. The minimum atomic E-state index is -4.29. The van der Waals surface area contributed by atoms with Crippen LogP contribution < -0.4 is 11.5 Å². The van der Waals surface area contributed by atoms with E-state index in [9.17, 15) is 16.8 Å². The highest BCUT2D eigenvalue weighted by Crippen LogP contribution is 2.27. The van der Waals surface area contributed by atoms with Gasteiger partial charge < -0.3 is 11.5 Å². The number of halogens is 2. The molecule has 2 rings (SSSR count). The van der Waals surface area contributed by atoms with Crippen molar-refractivity contribution in [3.63, 3.8) is 0 Å². The van der Waals surface area contributed by atoms with E-state index in [1.165, 1.54) is 18.2 Å². The van der Waals surface area contributed by atoms with Crippen LogP contribution >= 0.6 is 23.2 Å². The first kappa shape index (κ1) is 23.5. The monoisotopic (exact) mass is 456 g/mol. The number of hydrogen-bond acceptors (Lipinski definition) is 6. The topological polar surface area (TPSA) is 161 Å². The molecule has 2 aromatic carbocycles. The molecule has 0 spiro atoms. The first-order valence-corrected chi connectivity index (χ1v) is 10.9. The second kappa shape index (κ2) is 8.63. The Kier molecular flexibility index (Phi) is 7.51. The Labute approximate surface area is 167 Å². The van der Waals surface area contributed by atoms with Gasteiger partial charge >= 0.3 is 0 Å². The van der Waals surface area contributed by atoms with Crippen molar-refractivity contribution in [2.45, 2.75) is 30.1 Å². The second-order valence-corrected chi connectivity index (χ2v) is 9.02. The number of rotatable bonds is 3. The van der Waals surface area contributed by atoms with Crippen LogP contribution in [0.15, 0.2) is 34.1 Å². The Balaban J connectivity index is 0.000000271. The van der Waals surface area contributed by atoms with Crippen molar-refractivity contribution in [3.8, 4) is 0 Å². The lowest BCUT2D eigenvalue weighted by atomic mass is 10.1. The summed E-state index contributed by atoms with van der Waals surface area (Å²) in [5.41, 5.74) is 12.0. The molecule has 0 saturated carbocycles. The lowest BCUT2D eigenvalue weighted by molar-refractivity contribution is 0.481. The van der Waals surface area contributed by atoms with Crippen molar-refractivity contribution in [2.24, 2.45) is 0 Å². The van der Waals surface area contributed by atoms with Crippen LogP contribution in [0.25, 0.3) is 0 Å². The maximum atomic E-state index is 10.8. The van der Waals surface area contributed by atoms with Gasteiger partial charge in [-0.2, -0.15) is 16.8 Å². The molecule has 0 aromatic heterocycles. The van der Waals surface area contributed by atoms with E-state index in [1.54, 1.807) is 6.92 Å². The number of benzene rings is 2. The third-order valence-electron chi connectivity index (χ3n) is 3.41. The zero-order valence-corrected chi connectivity index (χ0v) is 17.4. The Morgan fingerprint density at radius 1 is 0.852 bits per heavy atom. The van der Waals surface area contributed by atoms with Crippen LogP contribution in [0.1, 0.15) is 18.1 Å². The van der Waals surface area contributed by atoms with E-state index < -0.39 is 20.2 Å². The van der Waals surface area contributed by atoms with Crippen LogP contribution in [0, 0.1) is 6.92 Å². The van der Waals surface area contributed by atoms with E-state index >= 15 is 0 Å². The van der Waals surface area contributed by atoms with Crippen molar-refractivity contribution >= 4 is 54.8 Å². The molecule has 0 aliphatic heterocycles. The molecule has 0 radical (unpaired) electrons. The largest absolute Gasteiger partial charge is 0.398 e. The second-order valence-electron chi connectivity index (χ2n) is 5.42. The fourth-order valence-electron chi connectivity index (χ4n) is 2.01. The van der Waals surface area contributed by atoms with Gasteiger partial charge in [-0.1, -0.05) is 30.1 Å². The summed E-state index contributed by atoms with van der Waals surface area (Å²) in [6.07, 6.45) is 0.648. The third-order valence-corrected chi connectivity index (χ3v) is 5.98. The Morgan fingerprint density at radius 2 is 1.30 bits per heavy atom. The molecule has 0 saturated heterocycles. The molecule has 0 atom stereocenters. The van der Waals surface area contributed by atoms with Crippen molar-refractivity contribution < 1.29 is 25.9 Å². The average Bonchev–Trinajstić information content (AvgIpc) is 2.51. The van der Waals surface area contributed by atoms with Crippen molar-refractivity contribution in [1.82, 2.24) is 0 Å². The van der Waals surface area contributed by atoms with Gasteiger partial charge in [-0.25, -0.2) is 0 Å². The molecule has 150 valence electrons. The summed E-state index contributed by atoms with van der Waals surface area (Å²) in [7, 11) is -8.55. The fraction of sp³-hybridized carbons (Fsp3) is 0.200. The Bertz CT molecular complexity index is 1070. The standard InChI is InChI=1S/C8H10ClNO3S.C7H8ClNO3S/c1-2-5-3-7(10)8(4-6(5)9)14(11,12)13;1-4-2-7(13(10,11)12)6(9)3-5(4)8/h3-4H,2,10H2,1H3,(H,11,12,13);2-3H,9H2,1H3,(H,10,11,12). The van der Waals surface area contributed by atoms with Gasteiger partial charge in [-0.05, 0) is 48.7 Å². The van der Waals surface area contributed by atoms with Gasteiger partial charge in [0.05, 0.1) is 11.4 Å². The van der Waals surface area contributed by atoms with Gasteiger partial charge in [0, 0.05) is 10.0 Å². The maximum absolute atomic E-state index is 10.8. The summed E-state index contributed by atoms with van der Waals surface area (Å²) in [4.78, 5) is -0.658. The number of nitrogens with two attached hydrogens (primary N) is 2. The van der Waals surface area contributed by atoms with Crippen LogP contribution in [0.3, 0.4) is 0 Å². The first-order chi connectivity index (χ1) is 12.2. The van der Waals surface area contributed by atoms with E-state index in [0.29, 0.717) is 17.0 Å². The minimum Gasteiger partial charge on any atom is -0.398 e. The van der Waals surface area contributed by atoms with Crippen LogP contribution in [0.4, 0.5) is 11.4 Å². The molecule has 0 aliphatic rings. The lowest BCUT2D eigenvalue weighted by Gasteiger charge is -2.06. The number of nitrogen functional groups attached to an aromatic ring is 2. The predicted molar refractivity (Wildman–Crippen MR) is 105 cm³/mol. The van der Waals surface area contributed by atoms with Gasteiger partial charge in [-0.15, -0.1) is 0 Å². The fourth-order valence-corrected chi connectivity index (χ4v) is 3.85. The zero-order chi connectivity index (χ0) is 21.2. The quantitative estimate of drug-likeness (QED) is 0.404. The molecule has 0 aliphatic carbocycles. The van der Waals surface area contributed by atoms with Crippen LogP contribution in [-0.4, -0.2) is 25.9 Å². The smallest absolute Gasteiger partial charge is 0.296 e. The van der Waals surface area contributed by atoms with Crippen molar-refractivity contribution in [3.05, 3.63) is 45.4 Å². The highest BCUT2D eigenvalue weighted by molar-refractivity contribution is 7.86. The average molecular weight is 457 g/mol. The molecule has 8 nitrogen and oxygen atoms in total. The van der Waals surface area contributed by atoms with Crippen LogP contribution in [0.2, 0.25) is 10.0 Å². The normalized spacial score (nSPS) is 11.6.